The van der Waals surface area contributed by atoms with E-state index in [1.807, 2.05) is 12.1 Å². The van der Waals surface area contributed by atoms with Crippen molar-refractivity contribution in [1.29, 1.82) is 0 Å². The Kier molecular flexibility index (Phi) is 7.21. The van der Waals surface area contributed by atoms with Crippen LogP contribution >= 0.6 is 0 Å². The van der Waals surface area contributed by atoms with Crippen molar-refractivity contribution in [3.63, 3.8) is 0 Å². The standard InChI is InChI=1S/C21H34N2O4/c1-25-19-12-16(13-20(26-2)21(19)27-3)14-22-9-10-23(17-6-4-5-7-17)18(15-22)8-11-24/h12-13,17-18,24H,4-11,14-15H2,1-3H3. The molecule has 0 bridgehead atoms. The molecular weight excluding hydrogens is 344 g/mol. The van der Waals surface area contributed by atoms with E-state index in [1.54, 1.807) is 21.3 Å². The molecule has 1 heterocycles. The number of hydrogen-bond donors (Lipinski definition) is 1. The first kappa shape index (κ1) is 20.2. The van der Waals surface area contributed by atoms with Gasteiger partial charge in [-0.3, -0.25) is 9.80 Å². The fourth-order valence-corrected chi connectivity index (χ4v) is 4.68. The van der Waals surface area contributed by atoms with Crippen LogP contribution in [0.4, 0.5) is 0 Å². The lowest BCUT2D eigenvalue weighted by molar-refractivity contribution is 0.0267. The Hall–Kier alpha value is -1.50. The maximum absolute atomic E-state index is 9.56. The second kappa shape index (κ2) is 9.62. The third kappa shape index (κ3) is 4.68. The van der Waals surface area contributed by atoms with Gasteiger partial charge in [0, 0.05) is 44.9 Å². The number of rotatable bonds is 8. The predicted octanol–water partition coefficient (Wildman–Crippen LogP) is 2.52. The summed E-state index contributed by atoms with van der Waals surface area (Å²) < 4.78 is 16.4. The fraction of sp³-hybridized carbons (Fsp3) is 0.714. The van der Waals surface area contributed by atoms with Crippen LogP contribution in [0.2, 0.25) is 0 Å². The Balaban J connectivity index is 1.70. The summed E-state index contributed by atoms with van der Waals surface area (Å²) in [6.45, 7) is 4.23. The quantitative estimate of drug-likeness (QED) is 0.750. The van der Waals surface area contributed by atoms with Crippen molar-refractivity contribution in [3.8, 4) is 17.2 Å². The summed E-state index contributed by atoms with van der Waals surface area (Å²) in [6, 6.07) is 5.22. The third-order valence-electron chi connectivity index (χ3n) is 6.00. The van der Waals surface area contributed by atoms with Crippen LogP contribution in [0.5, 0.6) is 17.2 Å². The molecule has 3 rings (SSSR count). The van der Waals surface area contributed by atoms with Gasteiger partial charge in [0.05, 0.1) is 21.3 Å². The minimum atomic E-state index is 0.256. The molecule has 6 nitrogen and oxygen atoms in total. The van der Waals surface area contributed by atoms with Crippen LogP contribution in [-0.2, 0) is 6.54 Å². The Labute approximate surface area is 163 Å². The number of hydrogen-bond acceptors (Lipinski definition) is 6. The van der Waals surface area contributed by atoms with Crippen LogP contribution in [-0.4, -0.2) is 74.6 Å². The van der Waals surface area contributed by atoms with E-state index in [0.29, 0.717) is 29.3 Å². The van der Waals surface area contributed by atoms with Gasteiger partial charge in [0.25, 0.3) is 0 Å². The molecule has 1 aliphatic carbocycles. The zero-order chi connectivity index (χ0) is 19.2. The topological polar surface area (TPSA) is 54.4 Å². The van der Waals surface area contributed by atoms with Gasteiger partial charge in [-0.1, -0.05) is 12.8 Å². The maximum Gasteiger partial charge on any atom is 0.203 e. The van der Waals surface area contributed by atoms with Gasteiger partial charge in [0.15, 0.2) is 11.5 Å². The molecule has 6 heteroatoms. The summed E-state index contributed by atoms with van der Waals surface area (Å²) in [5, 5.41) is 9.56. The zero-order valence-electron chi connectivity index (χ0n) is 16.9. The number of methoxy groups -OCH3 is 3. The van der Waals surface area contributed by atoms with E-state index >= 15 is 0 Å². The van der Waals surface area contributed by atoms with Gasteiger partial charge in [0.2, 0.25) is 5.75 Å². The lowest BCUT2D eigenvalue weighted by atomic mass is 10.0. The minimum absolute atomic E-state index is 0.256. The van der Waals surface area contributed by atoms with E-state index in [-0.39, 0.29) is 6.61 Å². The predicted molar refractivity (Wildman–Crippen MR) is 106 cm³/mol. The van der Waals surface area contributed by atoms with Crippen LogP contribution < -0.4 is 14.2 Å². The van der Waals surface area contributed by atoms with E-state index < -0.39 is 0 Å². The molecule has 2 aliphatic rings. The van der Waals surface area contributed by atoms with Gasteiger partial charge in [-0.25, -0.2) is 0 Å². The molecule has 2 fully saturated rings. The first-order valence-corrected chi connectivity index (χ1v) is 10.1. The number of piperazine rings is 1. The summed E-state index contributed by atoms with van der Waals surface area (Å²) in [6.07, 6.45) is 6.18. The summed E-state index contributed by atoms with van der Waals surface area (Å²) in [4.78, 5) is 5.14. The Morgan fingerprint density at radius 1 is 1.00 bits per heavy atom. The van der Waals surface area contributed by atoms with Gasteiger partial charge >= 0.3 is 0 Å². The molecule has 1 atom stereocenters. The molecule has 152 valence electrons. The Bertz CT molecular complexity index is 579. The van der Waals surface area contributed by atoms with E-state index in [4.69, 9.17) is 14.2 Å². The van der Waals surface area contributed by atoms with Gasteiger partial charge in [-0.2, -0.15) is 0 Å². The van der Waals surface area contributed by atoms with Crippen LogP contribution in [0.15, 0.2) is 12.1 Å². The van der Waals surface area contributed by atoms with Crippen LogP contribution in [0.1, 0.15) is 37.7 Å². The molecule has 0 radical (unpaired) electrons. The molecule has 0 spiro atoms. The fourth-order valence-electron chi connectivity index (χ4n) is 4.68. The van der Waals surface area contributed by atoms with Gasteiger partial charge < -0.3 is 19.3 Å². The molecule has 0 aromatic heterocycles. The van der Waals surface area contributed by atoms with Crippen LogP contribution in [0.25, 0.3) is 0 Å². The molecule has 1 unspecified atom stereocenters. The highest BCUT2D eigenvalue weighted by Crippen LogP contribution is 2.38. The molecule has 1 aromatic rings. The summed E-state index contributed by atoms with van der Waals surface area (Å²) in [5.41, 5.74) is 1.15. The highest BCUT2D eigenvalue weighted by molar-refractivity contribution is 5.53. The first-order chi connectivity index (χ1) is 13.2. The van der Waals surface area contributed by atoms with Crippen molar-refractivity contribution in [1.82, 2.24) is 9.80 Å². The van der Waals surface area contributed by atoms with Crippen LogP contribution in [0, 0.1) is 0 Å². The minimum Gasteiger partial charge on any atom is -0.493 e. The van der Waals surface area contributed by atoms with Gasteiger partial charge in [-0.05, 0) is 37.0 Å². The van der Waals surface area contributed by atoms with E-state index in [1.165, 1.54) is 25.7 Å². The van der Waals surface area contributed by atoms with Crippen molar-refractivity contribution in [2.24, 2.45) is 0 Å². The van der Waals surface area contributed by atoms with Crippen molar-refractivity contribution in [2.45, 2.75) is 50.7 Å². The number of aliphatic hydroxyl groups excluding tert-OH is 1. The first-order valence-electron chi connectivity index (χ1n) is 10.1. The lowest BCUT2D eigenvalue weighted by Gasteiger charge is -2.44. The van der Waals surface area contributed by atoms with Crippen molar-refractivity contribution < 1.29 is 19.3 Å². The molecule has 1 aliphatic heterocycles. The third-order valence-corrected chi connectivity index (χ3v) is 6.00. The molecule has 1 N–H and O–H groups in total. The zero-order valence-corrected chi connectivity index (χ0v) is 16.9. The smallest absolute Gasteiger partial charge is 0.203 e. The molecule has 1 saturated carbocycles. The molecular formula is C21H34N2O4. The summed E-state index contributed by atoms with van der Waals surface area (Å²) in [7, 11) is 4.93. The second-order valence-electron chi connectivity index (χ2n) is 7.61. The molecule has 0 amide bonds. The van der Waals surface area contributed by atoms with Gasteiger partial charge in [-0.15, -0.1) is 0 Å². The van der Waals surface area contributed by atoms with Gasteiger partial charge in [0.1, 0.15) is 0 Å². The Morgan fingerprint density at radius 3 is 2.22 bits per heavy atom. The molecule has 1 aromatic carbocycles. The summed E-state index contributed by atoms with van der Waals surface area (Å²) in [5.74, 6) is 2.03. The largest absolute Gasteiger partial charge is 0.493 e. The number of nitrogens with zero attached hydrogens (tertiary/aromatic N) is 2. The molecule has 1 saturated heterocycles. The highest BCUT2D eigenvalue weighted by Gasteiger charge is 2.33. The molecule has 27 heavy (non-hydrogen) atoms. The summed E-state index contributed by atoms with van der Waals surface area (Å²) >= 11 is 0. The SMILES string of the molecule is COc1cc(CN2CCN(C3CCCC3)C(CCO)C2)cc(OC)c1OC. The number of ether oxygens (including phenoxy) is 3. The van der Waals surface area contributed by atoms with E-state index in [0.717, 1.165) is 38.2 Å². The maximum atomic E-state index is 9.56. The van der Waals surface area contributed by atoms with E-state index in [9.17, 15) is 5.11 Å². The monoisotopic (exact) mass is 378 g/mol. The highest BCUT2D eigenvalue weighted by atomic mass is 16.5. The second-order valence-corrected chi connectivity index (χ2v) is 7.61. The Morgan fingerprint density at radius 2 is 1.67 bits per heavy atom. The number of benzene rings is 1. The number of aliphatic hydroxyl groups is 1. The van der Waals surface area contributed by atoms with Crippen molar-refractivity contribution >= 4 is 0 Å². The van der Waals surface area contributed by atoms with Crippen LogP contribution in [0.3, 0.4) is 0 Å². The lowest BCUT2D eigenvalue weighted by Crippen LogP contribution is -2.56. The van der Waals surface area contributed by atoms with E-state index in [2.05, 4.69) is 9.80 Å². The van der Waals surface area contributed by atoms with Crippen molar-refractivity contribution in [3.05, 3.63) is 17.7 Å². The average Bonchev–Trinajstić information content (AvgIpc) is 3.22. The normalized spacial score (nSPS) is 22.1. The van der Waals surface area contributed by atoms with Crippen molar-refractivity contribution in [2.75, 3.05) is 47.6 Å². The average molecular weight is 379 g/mol.